The van der Waals surface area contributed by atoms with Crippen LogP contribution >= 0.6 is 15.9 Å². The van der Waals surface area contributed by atoms with Crippen molar-refractivity contribution in [3.63, 3.8) is 0 Å². The summed E-state index contributed by atoms with van der Waals surface area (Å²) in [5.74, 6) is 0.489. The fraction of sp³-hybridized carbons (Fsp3) is 0.308. The number of halogens is 1. The number of nitrogens with zero attached hydrogens (tertiary/aromatic N) is 2. The molecule has 0 spiro atoms. The standard InChI is InChI=1S/C13H14BrN3O2/c1-2-3-11-5-12(17-19-11)13(18)16-7-9-4-10(14)8-15-6-9/h4-6,8H,2-3,7H2,1H3,(H,16,18). The molecule has 2 aromatic heterocycles. The molecule has 2 aromatic rings. The van der Waals surface area contributed by atoms with Crippen molar-refractivity contribution in [3.05, 3.63) is 46.0 Å². The topological polar surface area (TPSA) is 68.0 Å². The van der Waals surface area contributed by atoms with Crippen LogP contribution in [0.3, 0.4) is 0 Å². The second-order valence-corrected chi connectivity index (χ2v) is 5.04. The minimum atomic E-state index is -0.244. The van der Waals surface area contributed by atoms with Crippen LogP contribution in [0, 0.1) is 0 Å². The Morgan fingerprint density at radius 1 is 1.42 bits per heavy atom. The maximum Gasteiger partial charge on any atom is 0.273 e. The van der Waals surface area contributed by atoms with E-state index in [1.54, 1.807) is 18.5 Å². The molecule has 0 unspecified atom stereocenters. The summed E-state index contributed by atoms with van der Waals surface area (Å²) in [7, 11) is 0. The van der Waals surface area contributed by atoms with Crippen molar-refractivity contribution in [1.82, 2.24) is 15.5 Å². The lowest BCUT2D eigenvalue weighted by atomic mass is 10.2. The van der Waals surface area contributed by atoms with Gasteiger partial charge >= 0.3 is 0 Å². The van der Waals surface area contributed by atoms with Crippen LogP contribution in [0.2, 0.25) is 0 Å². The predicted molar refractivity (Wildman–Crippen MR) is 73.6 cm³/mol. The minimum Gasteiger partial charge on any atom is -0.361 e. The number of rotatable bonds is 5. The van der Waals surface area contributed by atoms with Gasteiger partial charge in [0.1, 0.15) is 5.76 Å². The lowest BCUT2D eigenvalue weighted by Gasteiger charge is -2.02. The molecule has 5 nitrogen and oxygen atoms in total. The number of aromatic nitrogens is 2. The monoisotopic (exact) mass is 323 g/mol. The maximum absolute atomic E-state index is 11.9. The Balaban J connectivity index is 1.93. The number of amides is 1. The van der Waals surface area contributed by atoms with Crippen molar-refractivity contribution in [2.75, 3.05) is 0 Å². The van der Waals surface area contributed by atoms with Crippen molar-refractivity contribution >= 4 is 21.8 Å². The van der Waals surface area contributed by atoms with E-state index in [0.29, 0.717) is 12.2 Å². The van der Waals surface area contributed by atoms with E-state index in [9.17, 15) is 4.79 Å². The fourth-order valence-corrected chi connectivity index (χ4v) is 2.02. The van der Waals surface area contributed by atoms with Gasteiger partial charge < -0.3 is 9.84 Å². The molecule has 0 aliphatic rings. The van der Waals surface area contributed by atoms with Gasteiger partial charge in [0.05, 0.1) is 0 Å². The Bertz CT molecular complexity index is 569. The van der Waals surface area contributed by atoms with Gasteiger partial charge in [-0.2, -0.15) is 0 Å². The first-order valence-corrected chi connectivity index (χ1v) is 6.81. The molecule has 1 N–H and O–H groups in total. The Morgan fingerprint density at radius 2 is 2.26 bits per heavy atom. The summed E-state index contributed by atoms with van der Waals surface area (Å²) in [6, 6.07) is 3.58. The summed E-state index contributed by atoms with van der Waals surface area (Å²) in [6.07, 6.45) is 5.14. The molecule has 0 fully saturated rings. The molecular weight excluding hydrogens is 310 g/mol. The van der Waals surface area contributed by atoms with Crippen LogP contribution in [0.1, 0.15) is 35.2 Å². The highest BCUT2D eigenvalue weighted by atomic mass is 79.9. The summed E-state index contributed by atoms with van der Waals surface area (Å²) in [5.41, 5.74) is 1.23. The molecule has 0 saturated carbocycles. The zero-order chi connectivity index (χ0) is 13.7. The van der Waals surface area contributed by atoms with Gasteiger partial charge in [0.2, 0.25) is 0 Å². The molecule has 0 radical (unpaired) electrons. The number of carbonyl (C=O) groups is 1. The number of aryl methyl sites for hydroxylation is 1. The normalized spacial score (nSPS) is 10.4. The summed E-state index contributed by atoms with van der Waals surface area (Å²) in [5, 5.41) is 6.53. The van der Waals surface area contributed by atoms with Crippen molar-refractivity contribution < 1.29 is 9.32 Å². The van der Waals surface area contributed by atoms with Crippen molar-refractivity contribution in [2.45, 2.75) is 26.3 Å². The zero-order valence-corrected chi connectivity index (χ0v) is 12.1. The van der Waals surface area contributed by atoms with Crippen molar-refractivity contribution in [3.8, 4) is 0 Å². The van der Waals surface area contributed by atoms with Crippen LogP contribution in [0.15, 0.2) is 33.5 Å². The summed E-state index contributed by atoms with van der Waals surface area (Å²) in [4.78, 5) is 15.9. The molecule has 100 valence electrons. The van der Waals surface area contributed by atoms with E-state index in [4.69, 9.17) is 4.52 Å². The summed E-state index contributed by atoms with van der Waals surface area (Å²) < 4.78 is 5.95. The smallest absolute Gasteiger partial charge is 0.273 e. The lowest BCUT2D eigenvalue weighted by Crippen LogP contribution is -2.23. The average molecular weight is 324 g/mol. The van der Waals surface area contributed by atoms with E-state index < -0.39 is 0 Å². The molecular formula is C13H14BrN3O2. The summed E-state index contributed by atoms with van der Waals surface area (Å²) >= 11 is 3.33. The second-order valence-electron chi connectivity index (χ2n) is 4.12. The first kappa shape index (κ1) is 13.7. The Morgan fingerprint density at radius 3 is 3.00 bits per heavy atom. The van der Waals surface area contributed by atoms with Gasteiger partial charge in [-0.1, -0.05) is 12.1 Å². The predicted octanol–water partition coefficient (Wildman–Crippen LogP) is 2.71. The van der Waals surface area contributed by atoms with E-state index in [-0.39, 0.29) is 5.91 Å². The third kappa shape index (κ3) is 3.89. The zero-order valence-electron chi connectivity index (χ0n) is 10.5. The molecule has 0 aliphatic heterocycles. The van der Waals surface area contributed by atoms with E-state index in [1.165, 1.54) is 0 Å². The first-order valence-electron chi connectivity index (χ1n) is 6.02. The van der Waals surface area contributed by atoms with Crippen molar-refractivity contribution in [2.24, 2.45) is 0 Å². The van der Waals surface area contributed by atoms with Gasteiger partial charge in [-0.05, 0) is 34.0 Å². The molecule has 19 heavy (non-hydrogen) atoms. The first-order chi connectivity index (χ1) is 9.19. The maximum atomic E-state index is 11.9. The SMILES string of the molecule is CCCc1cc(C(=O)NCc2cncc(Br)c2)no1. The molecule has 6 heteroatoms. The van der Waals surface area contributed by atoms with Gasteiger partial charge in [-0.25, -0.2) is 0 Å². The highest BCUT2D eigenvalue weighted by Crippen LogP contribution is 2.10. The molecule has 0 bridgehead atoms. The third-order valence-corrected chi connectivity index (χ3v) is 2.94. The highest BCUT2D eigenvalue weighted by molar-refractivity contribution is 9.10. The van der Waals surface area contributed by atoms with Crippen LogP contribution in [0.5, 0.6) is 0 Å². The second kappa shape index (κ2) is 6.47. The number of hydrogen-bond donors (Lipinski definition) is 1. The molecule has 0 aromatic carbocycles. The van der Waals surface area contributed by atoms with E-state index in [2.05, 4.69) is 31.4 Å². The lowest BCUT2D eigenvalue weighted by molar-refractivity contribution is 0.0941. The van der Waals surface area contributed by atoms with Gasteiger partial charge in [0.15, 0.2) is 5.69 Å². The van der Waals surface area contributed by atoms with Crippen LogP contribution in [0.25, 0.3) is 0 Å². The molecule has 1 amide bonds. The van der Waals surface area contributed by atoms with Gasteiger partial charge in [-0.3, -0.25) is 9.78 Å². The number of pyridine rings is 1. The number of carbonyl (C=O) groups excluding carboxylic acids is 1. The van der Waals surface area contributed by atoms with E-state index in [1.807, 2.05) is 13.0 Å². The molecule has 2 heterocycles. The average Bonchev–Trinajstić information content (AvgIpc) is 2.85. The Kier molecular flexibility index (Phi) is 4.68. The number of nitrogens with one attached hydrogen (secondary N) is 1. The third-order valence-electron chi connectivity index (χ3n) is 2.50. The Labute approximate surface area is 119 Å². The molecule has 0 saturated heterocycles. The highest BCUT2D eigenvalue weighted by Gasteiger charge is 2.11. The molecule has 2 rings (SSSR count). The largest absolute Gasteiger partial charge is 0.361 e. The molecule has 0 aliphatic carbocycles. The minimum absolute atomic E-state index is 0.244. The van der Waals surface area contributed by atoms with Crippen molar-refractivity contribution in [1.29, 1.82) is 0 Å². The quantitative estimate of drug-likeness (QED) is 0.918. The van der Waals surface area contributed by atoms with E-state index in [0.717, 1.165) is 28.6 Å². The Hall–Kier alpha value is -1.69. The van der Waals surface area contributed by atoms with Gasteiger partial charge in [0, 0.05) is 35.9 Å². The van der Waals surface area contributed by atoms with Gasteiger partial charge in [-0.15, -0.1) is 0 Å². The summed E-state index contributed by atoms with van der Waals surface area (Å²) in [6.45, 7) is 2.45. The molecule has 0 atom stereocenters. The van der Waals surface area contributed by atoms with Crippen LogP contribution in [-0.2, 0) is 13.0 Å². The fourth-order valence-electron chi connectivity index (χ4n) is 1.61. The van der Waals surface area contributed by atoms with E-state index >= 15 is 0 Å². The van der Waals surface area contributed by atoms with Gasteiger partial charge in [0.25, 0.3) is 5.91 Å². The van der Waals surface area contributed by atoms with Crippen LogP contribution in [0.4, 0.5) is 0 Å². The van der Waals surface area contributed by atoms with Crippen LogP contribution in [-0.4, -0.2) is 16.0 Å². The number of hydrogen-bond acceptors (Lipinski definition) is 4. The van der Waals surface area contributed by atoms with Crippen LogP contribution < -0.4 is 5.32 Å².